The first-order valence-corrected chi connectivity index (χ1v) is 9.60. The molecule has 1 heterocycles. The number of pyridine rings is 1. The van der Waals surface area contributed by atoms with Gasteiger partial charge in [-0.15, -0.1) is 0 Å². The van der Waals surface area contributed by atoms with Crippen molar-refractivity contribution in [1.29, 1.82) is 0 Å². The van der Waals surface area contributed by atoms with Gasteiger partial charge in [-0.25, -0.2) is 9.78 Å². The van der Waals surface area contributed by atoms with Gasteiger partial charge in [-0.1, -0.05) is 13.8 Å². The molecular weight excluding hydrogens is 360 g/mol. The summed E-state index contributed by atoms with van der Waals surface area (Å²) in [6.07, 6.45) is 4.42. The molecule has 0 saturated carbocycles. The van der Waals surface area contributed by atoms with Gasteiger partial charge in [0.25, 0.3) is 0 Å². The van der Waals surface area contributed by atoms with Crippen molar-refractivity contribution in [2.75, 3.05) is 11.1 Å². The lowest BCUT2D eigenvalue weighted by atomic mass is 9.87. The molecule has 28 heavy (non-hydrogen) atoms. The van der Waals surface area contributed by atoms with Crippen molar-refractivity contribution < 1.29 is 19.4 Å². The van der Waals surface area contributed by atoms with Crippen LogP contribution in [0.3, 0.4) is 0 Å². The number of anilines is 2. The summed E-state index contributed by atoms with van der Waals surface area (Å²) in [6, 6.07) is 0.910. The molecule has 5 N–H and O–H groups in total. The maximum atomic E-state index is 11.8. The SMILES string of the molecule is CCC(CC)O[C@@H]1C=C(C(=O)O)C[C@H](Nc2nccc(C)c2N)[C@H]1NC(C)=O. The molecule has 1 aliphatic carbocycles. The Kier molecular flexibility index (Phi) is 7.39. The number of hydrogen-bond acceptors (Lipinski definition) is 6. The van der Waals surface area contributed by atoms with E-state index in [0.717, 1.165) is 18.4 Å². The van der Waals surface area contributed by atoms with Gasteiger partial charge in [0.05, 0.1) is 30.0 Å². The Morgan fingerprint density at radius 1 is 1.39 bits per heavy atom. The van der Waals surface area contributed by atoms with E-state index in [2.05, 4.69) is 15.6 Å². The summed E-state index contributed by atoms with van der Waals surface area (Å²) in [5.74, 6) is -0.753. The molecule has 0 aromatic carbocycles. The van der Waals surface area contributed by atoms with Gasteiger partial charge in [0.2, 0.25) is 5.91 Å². The van der Waals surface area contributed by atoms with Crippen LogP contribution in [-0.2, 0) is 14.3 Å². The Hall–Kier alpha value is -2.61. The molecule has 2 rings (SSSR count). The molecule has 0 bridgehead atoms. The minimum absolute atomic E-state index is 0.0338. The molecule has 0 radical (unpaired) electrons. The van der Waals surface area contributed by atoms with Crippen molar-refractivity contribution in [3.8, 4) is 0 Å². The highest BCUT2D eigenvalue weighted by molar-refractivity contribution is 5.87. The monoisotopic (exact) mass is 390 g/mol. The van der Waals surface area contributed by atoms with Crippen LogP contribution in [0.1, 0.15) is 45.6 Å². The number of carbonyl (C=O) groups excluding carboxylic acids is 1. The highest BCUT2D eigenvalue weighted by Crippen LogP contribution is 2.28. The van der Waals surface area contributed by atoms with Gasteiger partial charge in [0.1, 0.15) is 5.82 Å². The van der Waals surface area contributed by atoms with E-state index in [1.165, 1.54) is 6.92 Å². The van der Waals surface area contributed by atoms with Gasteiger partial charge >= 0.3 is 5.97 Å². The van der Waals surface area contributed by atoms with Gasteiger partial charge in [0.15, 0.2) is 0 Å². The number of amides is 1. The van der Waals surface area contributed by atoms with E-state index in [1.54, 1.807) is 18.3 Å². The lowest BCUT2D eigenvalue weighted by Gasteiger charge is -2.38. The number of hydrogen-bond donors (Lipinski definition) is 4. The van der Waals surface area contributed by atoms with E-state index in [9.17, 15) is 14.7 Å². The maximum Gasteiger partial charge on any atom is 0.331 e. The molecule has 1 amide bonds. The van der Waals surface area contributed by atoms with Crippen LogP contribution in [0.15, 0.2) is 23.9 Å². The molecule has 3 atom stereocenters. The fourth-order valence-electron chi connectivity index (χ4n) is 3.37. The molecule has 154 valence electrons. The molecule has 0 unspecified atom stereocenters. The maximum absolute atomic E-state index is 11.8. The number of aryl methyl sites for hydroxylation is 1. The number of carboxylic acids is 1. The van der Waals surface area contributed by atoms with Crippen molar-refractivity contribution in [3.63, 3.8) is 0 Å². The minimum atomic E-state index is -1.00. The Morgan fingerprint density at radius 3 is 2.64 bits per heavy atom. The average Bonchev–Trinajstić information content (AvgIpc) is 2.64. The zero-order valence-electron chi connectivity index (χ0n) is 16.9. The van der Waals surface area contributed by atoms with Crippen molar-refractivity contribution in [2.24, 2.45) is 0 Å². The number of rotatable bonds is 8. The first kappa shape index (κ1) is 21.7. The molecule has 1 aromatic heterocycles. The van der Waals surface area contributed by atoms with E-state index < -0.39 is 24.2 Å². The van der Waals surface area contributed by atoms with Crippen LogP contribution in [0.4, 0.5) is 11.5 Å². The number of nitrogens with one attached hydrogen (secondary N) is 2. The molecule has 0 spiro atoms. The molecule has 1 aromatic rings. The second-order valence-corrected chi connectivity index (χ2v) is 7.11. The standard InChI is InChI=1S/C20H30N4O4/c1-5-14(6-2)28-16-10-13(20(26)27)9-15(18(16)23-12(4)25)24-19-17(21)11(3)7-8-22-19/h7-8,10,14-16,18H,5-6,9,21H2,1-4H3,(H,22,24)(H,23,25)(H,26,27)/t15-,16+,18+/m0/s1. The van der Waals surface area contributed by atoms with Gasteiger partial charge < -0.3 is 26.2 Å². The number of aliphatic carboxylic acids is 1. The summed E-state index contributed by atoms with van der Waals surface area (Å²) >= 11 is 0. The van der Waals surface area contributed by atoms with Crippen LogP contribution in [0.25, 0.3) is 0 Å². The second kappa shape index (κ2) is 9.54. The first-order valence-electron chi connectivity index (χ1n) is 9.60. The normalized spacial score (nSPS) is 21.9. The highest BCUT2D eigenvalue weighted by atomic mass is 16.5. The third-order valence-electron chi connectivity index (χ3n) is 5.03. The third kappa shape index (κ3) is 5.22. The van der Waals surface area contributed by atoms with E-state index in [0.29, 0.717) is 11.5 Å². The lowest BCUT2D eigenvalue weighted by molar-refractivity contribution is -0.133. The van der Waals surface area contributed by atoms with Crippen LogP contribution in [0, 0.1) is 6.92 Å². The van der Waals surface area contributed by atoms with Crippen molar-refractivity contribution >= 4 is 23.4 Å². The number of aromatic nitrogens is 1. The molecule has 1 aliphatic rings. The van der Waals surface area contributed by atoms with Crippen LogP contribution in [0.2, 0.25) is 0 Å². The van der Waals surface area contributed by atoms with Crippen molar-refractivity contribution in [1.82, 2.24) is 10.3 Å². The third-order valence-corrected chi connectivity index (χ3v) is 5.03. The Balaban J connectivity index is 2.39. The fraction of sp³-hybridized carbons (Fsp3) is 0.550. The average molecular weight is 390 g/mol. The quantitative estimate of drug-likeness (QED) is 0.536. The Bertz CT molecular complexity index is 746. The summed E-state index contributed by atoms with van der Waals surface area (Å²) < 4.78 is 6.16. The molecular formula is C20H30N4O4. The van der Waals surface area contributed by atoms with Crippen LogP contribution in [-0.4, -0.2) is 46.3 Å². The van der Waals surface area contributed by atoms with Crippen LogP contribution >= 0.6 is 0 Å². The van der Waals surface area contributed by atoms with Crippen molar-refractivity contribution in [2.45, 2.75) is 71.2 Å². The topological polar surface area (TPSA) is 127 Å². The van der Waals surface area contributed by atoms with E-state index in [-0.39, 0.29) is 24.0 Å². The van der Waals surface area contributed by atoms with E-state index >= 15 is 0 Å². The number of nitrogens with two attached hydrogens (primary N) is 1. The molecule has 0 aliphatic heterocycles. The summed E-state index contributed by atoms with van der Waals surface area (Å²) in [5.41, 5.74) is 7.72. The molecule has 0 saturated heterocycles. The predicted octanol–water partition coefficient (Wildman–Crippen LogP) is 2.25. The summed E-state index contributed by atoms with van der Waals surface area (Å²) in [7, 11) is 0. The summed E-state index contributed by atoms with van der Waals surface area (Å²) in [6.45, 7) is 7.33. The second-order valence-electron chi connectivity index (χ2n) is 7.11. The predicted molar refractivity (Wildman–Crippen MR) is 108 cm³/mol. The lowest BCUT2D eigenvalue weighted by Crippen LogP contribution is -2.56. The zero-order valence-corrected chi connectivity index (χ0v) is 16.9. The van der Waals surface area contributed by atoms with Gasteiger partial charge in [-0.05, 0) is 37.5 Å². The van der Waals surface area contributed by atoms with Gasteiger partial charge in [-0.3, -0.25) is 4.79 Å². The molecule has 8 nitrogen and oxygen atoms in total. The highest BCUT2D eigenvalue weighted by Gasteiger charge is 2.38. The minimum Gasteiger partial charge on any atom is -0.478 e. The summed E-state index contributed by atoms with van der Waals surface area (Å²) in [4.78, 5) is 27.8. The molecule has 0 fully saturated rings. The van der Waals surface area contributed by atoms with Crippen LogP contribution in [0.5, 0.6) is 0 Å². The largest absolute Gasteiger partial charge is 0.478 e. The Labute approximate surface area is 165 Å². The summed E-state index contributed by atoms with van der Waals surface area (Å²) in [5, 5.41) is 15.7. The fourth-order valence-corrected chi connectivity index (χ4v) is 3.37. The van der Waals surface area contributed by atoms with Gasteiger partial charge in [0, 0.05) is 25.1 Å². The van der Waals surface area contributed by atoms with Crippen molar-refractivity contribution in [3.05, 3.63) is 29.5 Å². The zero-order chi connectivity index (χ0) is 20.8. The number of ether oxygens (including phenoxy) is 1. The molecule has 8 heteroatoms. The van der Waals surface area contributed by atoms with E-state index in [4.69, 9.17) is 10.5 Å². The Morgan fingerprint density at radius 2 is 2.07 bits per heavy atom. The van der Waals surface area contributed by atoms with Gasteiger partial charge in [-0.2, -0.15) is 0 Å². The number of nitrogens with zero attached hydrogens (tertiary/aromatic N) is 1. The van der Waals surface area contributed by atoms with Crippen LogP contribution < -0.4 is 16.4 Å². The number of nitrogen functional groups attached to an aromatic ring is 1. The van der Waals surface area contributed by atoms with E-state index in [1.807, 2.05) is 20.8 Å². The first-order chi connectivity index (χ1) is 13.3. The smallest absolute Gasteiger partial charge is 0.331 e. The number of carbonyl (C=O) groups is 2. The number of carboxylic acid groups (broad SMARTS) is 1.